The highest BCUT2D eigenvalue weighted by Crippen LogP contribution is 2.20. The van der Waals surface area contributed by atoms with Crippen LogP contribution in [0.15, 0.2) is 115 Å². The van der Waals surface area contributed by atoms with Crippen LogP contribution in [-0.2, 0) is 36.8 Å². The van der Waals surface area contributed by atoms with E-state index in [2.05, 4.69) is 31.6 Å². The molecule has 0 aliphatic carbocycles. The molecule has 0 spiro atoms. The number of aryl methyl sites for hydroxylation is 1. The lowest BCUT2D eigenvalue weighted by Gasteiger charge is -2.30. The first-order chi connectivity index (χ1) is 29.8. The molecule has 0 aliphatic rings. The molecule has 5 aromatic rings. The fourth-order valence-electron chi connectivity index (χ4n) is 6.97. The number of carbonyl (C=O) groups excluding carboxylic acids is 6. The van der Waals surface area contributed by atoms with Crippen LogP contribution in [-0.4, -0.2) is 94.3 Å². The van der Waals surface area contributed by atoms with E-state index in [-0.39, 0.29) is 32.2 Å². The average Bonchev–Trinajstić information content (AvgIpc) is 3.67. The minimum atomic E-state index is -1.66. The molecule has 4 atom stereocenters. The number of anilines is 1. The number of carboxylic acid groups (broad SMARTS) is 1. The van der Waals surface area contributed by atoms with Crippen molar-refractivity contribution in [2.75, 3.05) is 18.9 Å². The summed E-state index contributed by atoms with van der Waals surface area (Å²) in [7, 11) is 1.30. The number of amides is 7. The molecule has 324 valence electrons. The van der Waals surface area contributed by atoms with E-state index in [4.69, 9.17) is 5.73 Å². The standard InChI is InChI=1S/C46H52N8O8/c1-29-15-9-11-21-34(29)53-46(62)48-24-14-13-23-36(43(59)52-38(27-40(55)56)45(61)54(2)39(41(47)57)25-30-16-5-3-6-17-30)50-44(60)37(51-42(58)31-18-7-4-8-19-31)26-32-28-49-35-22-12-10-20-33(32)35/h3-12,15-22,28,36-39,49H,13-14,23-27H2,1-2H3,(H2,47,57)(H,50,60)(H,51,58)(H,52,59)(H,55,56)(H2,48,53,62)/t36-,37-,38-,39-/m0/s1. The number of H-pyrrole nitrogens is 1. The van der Waals surface area contributed by atoms with Crippen molar-refractivity contribution in [3.05, 3.63) is 138 Å². The maximum atomic E-state index is 14.3. The van der Waals surface area contributed by atoms with Gasteiger partial charge in [-0.25, -0.2) is 4.79 Å². The Kier molecular flexibility index (Phi) is 16.3. The van der Waals surface area contributed by atoms with Crippen LogP contribution in [0.4, 0.5) is 10.5 Å². The second kappa shape index (κ2) is 22.2. The van der Waals surface area contributed by atoms with Crippen molar-refractivity contribution >= 4 is 58.1 Å². The van der Waals surface area contributed by atoms with Crippen molar-refractivity contribution in [2.24, 2.45) is 5.73 Å². The fourth-order valence-corrected chi connectivity index (χ4v) is 6.97. The maximum absolute atomic E-state index is 14.3. The number of nitrogens with one attached hydrogen (secondary N) is 6. The fraction of sp³-hybridized carbons (Fsp3) is 0.283. The number of aliphatic carboxylic acids is 1. The van der Waals surface area contributed by atoms with E-state index in [0.29, 0.717) is 23.2 Å². The summed E-state index contributed by atoms with van der Waals surface area (Å²) in [6.07, 6.45) is 1.60. The topological polar surface area (TPSA) is 245 Å². The van der Waals surface area contributed by atoms with Gasteiger partial charge in [0.25, 0.3) is 5.91 Å². The molecule has 1 heterocycles. The van der Waals surface area contributed by atoms with Gasteiger partial charge in [-0.15, -0.1) is 0 Å². The zero-order valence-corrected chi connectivity index (χ0v) is 34.6. The molecule has 1 aromatic heterocycles. The Labute approximate surface area is 359 Å². The average molecular weight is 845 g/mol. The van der Waals surface area contributed by atoms with Crippen LogP contribution in [0.1, 0.15) is 52.7 Å². The van der Waals surface area contributed by atoms with Gasteiger partial charge in [-0.3, -0.25) is 28.8 Å². The number of urea groups is 1. The number of nitrogens with zero attached hydrogens (tertiary/aromatic N) is 1. The summed E-state index contributed by atoms with van der Waals surface area (Å²) >= 11 is 0. The Morgan fingerprint density at radius 1 is 0.726 bits per heavy atom. The molecule has 16 nitrogen and oxygen atoms in total. The van der Waals surface area contributed by atoms with Gasteiger partial charge in [0.15, 0.2) is 0 Å². The van der Waals surface area contributed by atoms with Crippen LogP contribution in [0.5, 0.6) is 0 Å². The summed E-state index contributed by atoms with van der Waals surface area (Å²) in [6, 6.07) is 26.0. The van der Waals surface area contributed by atoms with Crippen LogP contribution in [0.25, 0.3) is 10.9 Å². The zero-order valence-electron chi connectivity index (χ0n) is 34.6. The van der Waals surface area contributed by atoms with E-state index in [1.807, 2.05) is 43.3 Å². The highest BCUT2D eigenvalue weighted by molar-refractivity contribution is 6.00. The predicted molar refractivity (Wildman–Crippen MR) is 234 cm³/mol. The number of aromatic nitrogens is 1. The number of para-hydroxylation sites is 2. The number of aromatic amines is 1. The maximum Gasteiger partial charge on any atom is 0.319 e. The lowest BCUT2D eigenvalue weighted by Crippen LogP contribution is -2.59. The Balaban J connectivity index is 1.36. The number of rotatable bonds is 21. The van der Waals surface area contributed by atoms with Crippen molar-refractivity contribution < 1.29 is 38.7 Å². The molecule has 0 saturated carbocycles. The number of unbranched alkanes of at least 4 members (excludes halogenated alkanes) is 1. The normalized spacial score (nSPS) is 12.8. The highest BCUT2D eigenvalue weighted by atomic mass is 16.4. The van der Waals surface area contributed by atoms with Gasteiger partial charge in [-0.1, -0.05) is 84.9 Å². The monoisotopic (exact) mass is 844 g/mol. The molecule has 16 heteroatoms. The quantitative estimate of drug-likeness (QED) is 0.0504. The number of fused-ring (bicyclic) bond motifs is 1. The molecular formula is C46H52N8O8. The van der Waals surface area contributed by atoms with Crippen molar-refractivity contribution in [3.63, 3.8) is 0 Å². The number of carbonyl (C=O) groups is 7. The summed E-state index contributed by atoms with van der Waals surface area (Å²) in [6.45, 7) is 2.07. The second-order valence-corrected chi connectivity index (χ2v) is 14.9. The molecule has 0 bridgehead atoms. The van der Waals surface area contributed by atoms with Crippen molar-refractivity contribution in [3.8, 4) is 0 Å². The molecule has 7 amide bonds. The largest absolute Gasteiger partial charge is 0.481 e. The number of primary amides is 1. The van der Waals surface area contributed by atoms with Gasteiger partial charge in [0, 0.05) is 54.8 Å². The van der Waals surface area contributed by atoms with Crippen LogP contribution in [0.2, 0.25) is 0 Å². The molecule has 5 rings (SSSR count). The lowest BCUT2D eigenvalue weighted by atomic mass is 10.0. The number of hydrogen-bond acceptors (Lipinski definition) is 7. The van der Waals surface area contributed by atoms with Crippen molar-refractivity contribution in [1.29, 1.82) is 0 Å². The van der Waals surface area contributed by atoms with E-state index in [0.717, 1.165) is 26.9 Å². The smallest absolute Gasteiger partial charge is 0.319 e. The Morgan fingerprint density at radius 2 is 1.35 bits per heavy atom. The first-order valence-corrected chi connectivity index (χ1v) is 20.2. The molecule has 62 heavy (non-hydrogen) atoms. The molecule has 0 unspecified atom stereocenters. The Bertz CT molecular complexity index is 2350. The Morgan fingerprint density at radius 3 is 2.05 bits per heavy atom. The first kappa shape index (κ1) is 45.6. The summed E-state index contributed by atoms with van der Waals surface area (Å²) < 4.78 is 0. The molecule has 0 aliphatic heterocycles. The summed E-state index contributed by atoms with van der Waals surface area (Å²) in [5.41, 5.74) is 9.76. The van der Waals surface area contributed by atoms with Gasteiger partial charge < -0.3 is 47.3 Å². The third-order valence-corrected chi connectivity index (χ3v) is 10.4. The summed E-state index contributed by atoms with van der Waals surface area (Å²) in [4.78, 5) is 97.4. The number of benzene rings is 4. The third-order valence-electron chi connectivity index (χ3n) is 10.4. The highest BCUT2D eigenvalue weighted by Gasteiger charge is 2.35. The SMILES string of the molecule is Cc1ccccc1NC(=O)NCCCC[C@H](NC(=O)[C@H](Cc1c[nH]c2ccccc12)NC(=O)c1ccccc1)C(=O)N[C@@H](CC(=O)O)C(=O)N(C)[C@@H](Cc1ccccc1)C(N)=O. The number of hydrogen-bond donors (Lipinski definition) is 8. The van der Waals surface area contributed by atoms with E-state index < -0.39 is 72.1 Å². The predicted octanol–water partition coefficient (Wildman–Crippen LogP) is 3.81. The number of likely N-dealkylation sites (N-methyl/N-ethyl adjacent to an activating group) is 1. The van der Waals surface area contributed by atoms with Gasteiger partial charge in [-0.05, 0) is 67.1 Å². The van der Waals surface area contributed by atoms with Crippen LogP contribution in [0.3, 0.4) is 0 Å². The van der Waals surface area contributed by atoms with E-state index in [1.165, 1.54) is 7.05 Å². The third kappa shape index (κ3) is 13.0. The first-order valence-electron chi connectivity index (χ1n) is 20.2. The van der Waals surface area contributed by atoms with Crippen LogP contribution in [0, 0.1) is 6.92 Å². The lowest BCUT2D eigenvalue weighted by molar-refractivity contribution is -0.146. The molecule has 0 radical (unpaired) electrons. The van der Waals surface area contributed by atoms with E-state index >= 15 is 0 Å². The second-order valence-electron chi connectivity index (χ2n) is 14.9. The Hall–Kier alpha value is -7.49. The molecule has 0 saturated heterocycles. The molecule has 4 aromatic carbocycles. The van der Waals surface area contributed by atoms with E-state index in [1.54, 1.807) is 79.0 Å². The number of nitrogens with two attached hydrogens (primary N) is 1. The van der Waals surface area contributed by atoms with Gasteiger partial charge in [-0.2, -0.15) is 0 Å². The van der Waals surface area contributed by atoms with Gasteiger partial charge in [0.05, 0.1) is 6.42 Å². The van der Waals surface area contributed by atoms with Gasteiger partial charge in [0.1, 0.15) is 24.2 Å². The van der Waals surface area contributed by atoms with Crippen molar-refractivity contribution in [1.82, 2.24) is 31.2 Å². The van der Waals surface area contributed by atoms with Crippen LogP contribution >= 0.6 is 0 Å². The van der Waals surface area contributed by atoms with Crippen molar-refractivity contribution in [2.45, 2.75) is 69.6 Å². The molecule has 0 fully saturated rings. The minimum Gasteiger partial charge on any atom is -0.481 e. The van der Waals surface area contributed by atoms with Gasteiger partial charge >= 0.3 is 12.0 Å². The summed E-state index contributed by atoms with van der Waals surface area (Å²) in [5, 5.41) is 24.3. The summed E-state index contributed by atoms with van der Waals surface area (Å²) in [5.74, 6) is -5.26. The van der Waals surface area contributed by atoms with Gasteiger partial charge in [0.2, 0.25) is 23.6 Å². The van der Waals surface area contributed by atoms with Crippen LogP contribution < -0.4 is 32.3 Å². The van der Waals surface area contributed by atoms with E-state index in [9.17, 15) is 38.7 Å². The number of carboxylic acids is 1. The zero-order chi connectivity index (χ0) is 44.6. The molecule has 9 N–H and O–H groups in total. The minimum absolute atomic E-state index is 0.00710. The molecular weight excluding hydrogens is 793 g/mol.